The lowest BCUT2D eigenvalue weighted by molar-refractivity contribution is 0.0764. The summed E-state index contributed by atoms with van der Waals surface area (Å²) in [6.07, 6.45) is 2.43. The number of fused-ring (bicyclic) bond motifs is 1. The highest BCUT2D eigenvalue weighted by molar-refractivity contribution is 7.12. The number of aryl methyl sites for hydroxylation is 2. The molecule has 3 aromatic heterocycles. The Hall–Kier alpha value is -2.94. The third-order valence-electron chi connectivity index (χ3n) is 5.70. The first-order valence-electron chi connectivity index (χ1n) is 10.6. The first-order valence-corrected chi connectivity index (χ1v) is 11.4. The van der Waals surface area contributed by atoms with Crippen molar-refractivity contribution in [2.24, 2.45) is 5.73 Å². The van der Waals surface area contributed by atoms with E-state index in [-0.39, 0.29) is 11.9 Å². The predicted molar refractivity (Wildman–Crippen MR) is 122 cm³/mol. The lowest BCUT2D eigenvalue weighted by Gasteiger charge is -2.22. The summed E-state index contributed by atoms with van der Waals surface area (Å²) < 4.78 is 1.86. The van der Waals surface area contributed by atoms with Gasteiger partial charge in [0.2, 0.25) is 0 Å². The summed E-state index contributed by atoms with van der Waals surface area (Å²) in [5, 5.41) is 5.27. The molecule has 1 aliphatic heterocycles. The van der Waals surface area contributed by atoms with Gasteiger partial charge in [0.05, 0.1) is 22.8 Å². The van der Waals surface area contributed by atoms with Crippen LogP contribution < -0.4 is 5.73 Å². The van der Waals surface area contributed by atoms with Crippen LogP contribution in [0.15, 0.2) is 18.3 Å². The second-order valence-electron chi connectivity index (χ2n) is 8.27. The fourth-order valence-electron chi connectivity index (χ4n) is 4.11. The Morgan fingerprint density at radius 2 is 1.81 bits per heavy atom. The number of carbonyl (C=O) groups is 2. The minimum atomic E-state index is -0.440. The maximum Gasteiger partial charge on any atom is 0.314 e. The van der Waals surface area contributed by atoms with Gasteiger partial charge in [0.25, 0.3) is 5.91 Å². The number of primary amides is 1. The van der Waals surface area contributed by atoms with Crippen LogP contribution in [0.1, 0.15) is 46.4 Å². The number of nitrogens with two attached hydrogens (primary N) is 1. The summed E-state index contributed by atoms with van der Waals surface area (Å²) in [4.78, 5) is 35.9. The van der Waals surface area contributed by atoms with Crippen LogP contribution in [0.25, 0.3) is 22.3 Å². The average Bonchev–Trinajstić information content (AvgIpc) is 3.19. The van der Waals surface area contributed by atoms with Crippen LogP contribution in [-0.4, -0.2) is 62.7 Å². The number of hydrogen-bond donors (Lipinski definition) is 1. The first-order chi connectivity index (χ1) is 14.8. The molecule has 0 atom stereocenters. The number of hydrogen-bond acceptors (Lipinski definition) is 5. The quantitative estimate of drug-likeness (QED) is 0.673. The number of amides is 3. The van der Waals surface area contributed by atoms with Crippen molar-refractivity contribution < 1.29 is 9.59 Å². The molecule has 3 aromatic rings. The van der Waals surface area contributed by atoms with Crippen LogP contribution in [0.5, 0.6) is 0 Å². The smallest absolute Gasteiger partial charge is 0.314 e. The molecule has 2 N–H and O–H groups in total. The number of pyridine rings is 1. The van der Waals surface area contributed by atoms with E-state index >= 15 is 0 Å². The molecule has 4 rings (SSSR count). The predicted octanol–water partition coefficient (Wildman–Crippen LogP) is 3.58. The van der Waals surface area contributed by atoms with Crippen LogP contribution in [-0.2, 0) is 0 Å². The first kappa shape index (κ1) is 21.3. The van der Waals surface area contributed by atoms with Gasteiger partial charge in [-0.15, -0.1) is 11.3 Å². The summed E-state index contributed by atoms with van der Waals surface area (Å²) in [6, 6.07) is 3.69. The molecule has 1 aliphatic rings. The Bertz CT molecular complexity index is 1150. The topological polar surface area (TPSA) is 97.4 Å². The van der Waals surface area contributed by atoms with Crippen LogP contribution in [0.4, 0.5) is 4.79 Å². The lowest BCUT2D eigenvalue weighted by atomic mass is 10.1. The highest BCUT2D eigenvalue weighted by Gasteiger charge is 2.26. The van der Waals surface area contributed by atoms with E-state index in [4.69, 9.17) is 10.7 Å². The molecule has 0 bridgehead atoms. The van der Waals surface area contributed by atoms with E-state index in [1.807, 2.05) is 10.7 Å². The van der Waals surface area contributed by atoms with Gasteiger partial charge in [0.15, 0.2) is 5.65 Å². The van der Waals surface area contributed by atoms with Gasteiger partial charge >= 0.3 is 6.03 Å². The zero-order valence-corrected chi connectivity index (χ0v) is 19.2. The van der Waals surface area contributed by atoms with Crippen molar-refractivity contribution in [2.75, 3.05) is 26.2 Å². The van der Waals surface area contributed by atoms with Crippen LogP contribution in [0.2, 0.25) is 0 Å². The largest absolute Gasteiger partial charge is 0.351 e. The van der Waals surface area contributed by atoms with E-state index in [1.54, 1.807) is 27.3 Å². The van der Waals surface area contributed by atoms with E-state index in [0.717, 1.165) is 16.6 Å². The van der Waals surface area contributed by atoms with Crippen molar-refractivity contribution in [2.45, 2.75) is 40.2 Å². The molecule has 0 saturated carbocycles. The third-order valence-corrected chi connectivity index (χ3v) is 6.66. The summed E-state index contributed by atoms with van der Waals surface area (Å²) in [7, 11) is 0. The number of nitrogens with zero attached hydrogens (tertiary/aromatic N) is 5. The zero-order chi connectivity index (χ0) is 22.3. The minimum absolute atomic E-state index is 0.0621. The minimum Gasteiger partial charge on any atom is -0.351 e. The van der Waals surface area contributed by atoms with E-state index in [0.29, 0.717) is 43.8 Å². The Morgan fingerprint density at radius 3 is 2.45 bits per heavy atom. The monoisotopic (exact) mass is 440 g/mol. The molecule has 8 nitrogen and oxygen atoms in total. The Morgan fingerprint density at radius 1 is 1.10 bits per heavy atom. The van der Waals surface area contributed by atoms with Crippen molar-refractivity contribution in [1.29, 1.82) is 0 Å². The molecule has 0 radical (unpaired) electrons. The van der Waals surface area contributed by atoms with Gasteiger partial charge in [-0.05, 0) is 46.2 Å². The van der Waals surface area contributed by atoms with Gasteiger partial charge < -0.3 is 15.5 Å². The molecule has 4 heterocycles. The number of rotatable bonds is 3. The van der Waals surface area contributed by atoms with Gasteiger partial charge in [0.1, 0.15) is 0 Å². The highest BCUT2D eigenvalue weighted by Crippen LogP contribution is 2.33. The number of aromatic nitrogens is 3. The molecular formula is C22H28N6O2S. The van der Waals surface area contributed by atoms with Crippen molar-refractivity contribution in [3.05, 3.63) is 33.6 Å². The summed E-state index contributed by atoms with van der Waals surface area (Å²) in [5.41, 5.74) is 8.59. The van der Waals surface area contributed by atoms with Crippen LogP contribution >= 0.6 is 11.3 Å². The fourth-order valence-corrected chi connectivity index (χ4v) is 5.04. The Kier molecular flexibility index (Phi) is 5.70. The molecule has 0 aromatic carbocycles. The van der Waals surface area contributed by atoms with Crippen molar-refractivity contribution in [3.63, 3.8) is 0 Å². The normalized spacial score (nSPS) is 15.0. The average molecular weight is 441 g/mol. The maximum atomic E-state index is 13.6. The number of carbonyl (C=O) groups excluding carboxylic acids is 2. The summed E-state index contributed by atoms with van der Waals surface area (Å²) in [5.74, 6) is -0.0621. The SMILES string of the molecule is Cc1cc(-c2cc(C(=O)N3CCCN(C(N)=O)CC3)c3cnn(C(C)C)c3n2)c(C)s1. The summed E-state index contributed by atoms with van der Waals surface area (Å²) >= 11 is 1.72. The molecule has 0 spiro atoms. The van der Waals surface area contributed by atoms with E-state index in [9.17, 15) is 9.59 Å². The van der Waals surface area contributed by atoms with Crippen LogP contribution in [0.3, 0.4) is 0 Å². The van der Waals surface area contributed by atoms with E-state index in [2.05, 4.69) is 38.9 Å². The maximum absolute atomic E-state index is 13.6. The number of thiophene rings is 1. The molecule has 0 unspecified atom stereocenters. The van der Waals surface area contributed by atoms with Crippen LogP contribution in [0, 0.1) is 13.8 Å². The van der Waals surface area contributed by atoms with Crippen molar-refractivity contribution in [3.8, 4) is 11.3 Å². The third kappa shape index (κ3) is 4.01. The van der Waals surface area contributed by atoms with Gasteiger partial charge in [-0.25, -0.2) is 14.5 Å². The highest BCUT2D eigenvalue weighted by atomic mass is 32.1. The molecule has 1 saturated heterocycles. The molecule has 1 fully saturated rings. The molecule has 164 valence electrons. The summed E-state index contributed by atoms with van der Waals surface area (Å²) in [6.45, 7) is 10.3. The van der Waals surface area contributed by atoms with Gasteiger partial charge in [-0.2, -0.15) is 5.10 Å². The van der Waals surface area contributed by atoms with Crippen molar-refractivity contribution >= 4 is 34.3 Å². The second kappa shape index (κ2) is 8.30. The number of urea groups is 1. The Balaban J connectivity index is 1.80. The zero-order valence-electron chi connectivity index (χ0n) is 18.4. The van der Waals surface area contributed by atoms with Gasteiger partial charge in [-0.1, -0.05) is 0 Å². The van der Waals surface area contributed by atoms with Crippen molar-refractivity contribution in [1.82, 2.24) is 24.6 Å². The molecule has 0 aliphatic carbocycles. The standard InChI is InChI=1S/C22H28N6O2S/c1-13(2)28-20-18(12-24-28)17(11-19(25-20)16-10-14(3)31-15(16)4)21(29)26-6-5-7-27(9-8-26)22(23)30/h10-13H,5-9H2,1-4H3,(H2,23,30). The second-order valence-corrected chi connectivity index (χ2v) is 9.73. The van der Waals surface area contributed by atoms with Gasteiger partial charge in [-0.3, -0.25) is 4.79 Å². The molecule has 3 amide bonds. The molecular weight excluding hydrogens is 412 g/mol. The van der Waals surface area contributed by atoms with E-state index < -0.39 is 6.03 Å². The molecule has 9 heteroatoms. The Labute approximate surface area is 185 Å². The van der Waals surface area contributed by atoms with E-state index in [1.165, 1.54) is 9.75 Å². The molecule has 31 heavy (non-hydrogen) atoms. The lowest BCUT2D eigenvalue weighted by Crippen LogP contribution is -2.39. The van der Waals surface area contributed by atoms with Gasteiger partial charge in [0, 0.05) is 47.5 Å². The fraction of sp³-hybridized carbons (Fsp3) is 0.455.